The van der Waals surface area contributed by atoms with Gasteiger partial charge in [0.25, 0.3) is 0 Å². The highest BCUT2D eigenvalue weighted by molar-refractivity contribution is 5.87. The van der Waals surface area contributed by atoms with Gasteiger partial charge in [0.15, 0.2) is 0 Å². The Kier molecular flexibility index (Phi) is 6.88. The third kappa shape index (κ3) is 5.20. The summed E-state index contributed by atoms with van der Waals surface area (Å²) in [6.45, 7) is 0. The SMILES string of the molecule is COc1cc(CCCCCCc2ccccc2)cc(C2CCCC2=O)c1. The van der Waals surface area contributed by atoms with Crippen molar-refractivity contribution in [2.24, 2.45) is 0 Å². The Morgan fingerprint density at radius 1 is 0.923 bits per heavy atom. The number of rotatable bonds is 9. The Balaban J connectivity index is 1.47. The highest BCUT2D eigenvalue weighted by atomic mass is 16.5. The topological polar surface area (TPSA) is 26.3 Å². The lowest BCUT2D eigenvalue weighted by Crippen LogP contribution is -2.05. The molecule has 0 N–H and O–H groups in total. The molecule has 0 heterocycles. The summed E-state index contributed by atoms with van der Waals surface area (Å²) in [6, 6.07) is 17.1. The molecule has 26 heavy (non-hydrogen) atoms. The fraction of sp³-hybridized carbons (Fsp3) is 0.458. The van der Waals surface area contributed by atoms with Crippen molar-refractivity contribution in [3.63, 3.8) is 0 Å². The lowest BCUT2D eigenvalue weighted by Gasteiger charge is -2.13. The summed E-state index contributed by atoms with van der Waals surface area (Å²) in [6.07, 6.45) is 9.96. The van der Waals surface area contributed by atoms with Crippen LogP contribution < -0.4 is 4.74 Å². The number of ketones is 1. The van der Waals surface area contributed by atoms with Crippen LogP contribution in [0.25, 0.3) is 0 Å². The van der Waals surface area contributed by atoms with Crippen LogP contribution in [0.4, 0.5) is 0 Å². The van der Waals surface area contributed by atoms with Crippen LogP contribution in [-0.4, -0.2) is 12.9 Å². The first kappa shape index (κ1) is 18.7. The third-order valence-corrected chi connectivity index (χ3v) is 5.46. The first-order chi connectivity index (χ1) is 12.8. The molecule has 2 aromatic rings. The number of ether oxygens (including phenoxy) is 1. The predicted molar refractivity (Wildman–Crippen MR) is 107 cm³/mol. The zero-order valence-electron chi connectivity index (χ0n) is 15.9. The van der Waals surface area contributed by atoms with Gasteiger partial charge in [0.2, 0.25) is 0 Å². The first-order valence-corrected chi connectivity index (χ1v) is 10.0. The molecule has 1 atom stereocenters. The molecule has 2 aromatic carbocycles. The van der Waals surface area contributed by atoms with Crippen molar-refractivity contribution in [2.45, 2.75) is 63.7 Å². The summed E-state index contributed by atoms with van der Waals surface area (Å²) in [7, 11) is 1.71. The second-order valence-electron chi connectivity index (χ2n) is 7.43. The molecule has 138 valence electrons. The summed E-state index contributed by atoms with van der Waals surface area (Å²) >= 11 is 0. The zero-order chi connectivity index (χ0) is 18.2. The normalized spacial score (nSPS) is 16.8. The fourth-order valence-corrected chi connectivity index (χ4v) is 3.97. The van der Waals surface area contributed by atoms with Gasteiger partial charge in [0.1, 0.15) is 11.5 Å². The van der Waals surface area contributed by atoms with Crippen molar-refractivity contribution in [2.75, 3.05) is 7.11 Å². The molecule has 0 aliphatic heterocycles. The van der Waals surface area contributed by atoms with Gasteiger partial charge >= 0.3 is 0 Å². The molecule has 2 nitrogen and oxygen atoms in total. The number of hydrogen-bond acceptors (Lipinski definition) is 2. The highest BCUT2D eigenvalue weighted by Crippen LogP contribution is 2.34. The molecule has 1 saturated carbocycles. The Labute approximate surface area is 157 Å². The van der Waals surface area contributed by atoms with E-state index in [1.165, 1.54) is 43.2 Å². The molecule has 0 spiro atoms. The molecule has 0 saturated heterocycles. The van der Waals surface area contributed by atoms with Gasteiger partial charge in [-0.2, -0.15) is 0 Å². The maximum atomic E-state index is 12.1. The number of hydrogen-bond donors (Lipinski definition) is 0. The van der Waals surface area contributed by atoms with Crippen LogP contribution in [0.5, 0.6) is 5.75 Å². The van der Waals surface area contributed by atoms with Crippen molar-refractivity contribution in [3.8, 4) is 5.75 Å². The Bertz CT molecular complexity index is 705. The van der Waals surface area contributed by atoms with Gasteiger partial charge < -0.3 is 4.74 Å². The van der Waals surface area contributed by atoms with Crippen LogP contribution in [0.2, 0.25) is 0 Å². The number of methoxy groups -OCH3 is 1. The molecule has 0 aromatic heterocycles. The summed E-state index contributed by atoms with van der Waals surface area (Å²) in [5, 5.41) is 0. The van der Waals surface area contributed by atoms with Gasteiger partial charge in [-0.3, -0.25) is 4.79 Å². The van der Waals surface area contributed by atoms with E-state index in [0.29, 0.717) is 5.78 Å². The van der Waals surface area contributed by atoms with Gasteiger partial charge in [0, 0.05) is 12.3 Å². The van der Waals surface area contributed by atoms with E-state index >= 15 is 0 Å². The largest absolute Gasteiger partial charge is 0.497 e. The maximum Gasteiger partial charge on any atom is 0.140 e. The number of carbonyl (C=O) groups excluding carboxylic acids is 1. The van der Waals surface area contributed by atoms with Crippen LogP contribution in [0.15, 0.2) is 48.5 Å². The molecule has 0 bridgehead atoms. The molecule has 1 fully saturated rings. The Morgan fingerprint density at radius 2 is 1.65 bits per heavy atom. The summed E-state index contributed by atoms with van der Waals surface area (Å²) < 4.78 is 5.47. The summed E-state index contributed by atoms with van der Waals surface area (Å²) in [4.78, 5) is 12.1. The van der Waals surface area contributed by atoms with E-state index in [1.54, 1.807) is 7.11 Å². The lowest BCUT2D eigenvalue weighted by atomic mass is 9.93. The van der Waals surface area contributed by atoms with Crippen LogP contribution in [0, 0.1) is 0 Å². The van der Waals surface area contributed by atoms with Crippen molar-refractivity contribution in [3.05, 3.63) is 65.2 Å². The smallest absolute Gasteiger partial charge is 0.140 e. The molecular weight excluding hydrogens is 320 g/mol. The quantitative estimate of drug-likeness (QED) is 0.528. The second kappa shape index (κ2) is 9.56. The minimum atomic E-state index is 0.0923. The summed E-state index contributed by atoms with van der Waals surface area (Å²) in [5.74, 6) is 1.38. The van der Waals surface area contributed by atoms with Gasteiger partial charge in [-0.15, -0.1) is 0 Å². The Hall–Kier alpha value is -2.09. The number of Topliss-reactive ketones (excluding diaryl/α,β-unsaturated/α-hetero) is 1. The first-order valence-electron chi connectivity index (χ1n) is 10.0. The number of unbranched alkanes of at least 4 members (excludes halogenated alkanes) is 3. The molecule has 0 radical (unpaired) electrons. The van der Waals surface area contributed by atoms with E-state index in [2.05, 4.69) is 48.5 Å². The van der Waals surface area contributed by atoms with E-state index in [9.17, 15) is 4.79 Å². The van der Waals surface area contributed by atoms with Crippen molar-refractivity contribution in [1.29, 1.82) is 0 Å². The maximum absolute atomic E-state index is 12.1. The minimum Gasteiger partial charge on any atom is -0.497 e. The van der Waals surface area contributed by atoms with Crippen molar-refractivity contribution >= 4 is 5.78 Å². The number of benzene rings is 2. The molecule has 0 amide bonds. The molecule has 3 rings (SSSR count). The Morgan fingerprint density at radius 3 is 2.31 bits per heavy atom. The molecule has 1 unspecified atom stereocenters. The monoisotopic (exact) mass is 350 g/mol. The molecule has 1 aliphatic rings. The van der Waals surface area contributed by atoms with Crippen molar-refractivity contribution < 1.29 is 9.53 Å². The predicted octanol–water partition coefficient (Wildman–Crippen LogP) is 5.88. The molecule has 1 aliphatic carbocycles. The van der Waals surface area contributed by atoms with E-state index in [-0.39, 0.29) is 5.92 Å². The van der Waals surface area contributed by atoms with Gasteiger partial charge in [-0.25, -0.2) is 0 Å². The second-order valence-corrected chi connectivity index (χ2v) is 7.43. The van der Waals surface area contributed by atoms with E-state index in [4.69, 9.17) is 4.74 Å². The van der Waals surface area contributed by atoms with Crippen molar-refractivity contribution in [1.82, 2.24) is 0 Å². The minimum absolute atomic E-state index is 0.0923. The van der Waals surface area contributed by atoms with Crippen LogP contribution >= 0.6 is 0 Å². The molecular formula is C24H30O2. The average Bonchev–Trinajstić information content (AvgIpc) is 3.11. The third-order valence-electron chi connectivity index (χ3n) is 5.46. The van der Waals surface area contributed by atoms with Crippen LogP contribution in [0.3, 0.4) is 0 Å². The van der Waals surface area contributed by atoms with Gasteiger partial charge in [0.05, 0.1) is 7.11 Å². The van der Waals surface area contributed by atoms with E-state index in [0.717, 1.165) is 37.0 Å². The van der Waals surface area contributed by atoms with Gasteiger partial charge in [-0.1, -0.05) is 49.2 Å². The van der Waals surface area contributed by atoms with E-state index in [1.807, 2.05) is 0 Å². The van der Waals surface area contributed by atoms with Crippen LogP contribution in [0.1, 0.15) is 67.6 Å². The zero-order valence-corrected chi connectivity index (χ0v) is 15.9. The number of carbonyl (C=O) groups is 1. The standard InChI is InChI=1S/C24H30O2/c1-26-22-17-20(16-21(18-22)23-14-9-15-24(23)25)13-6-3-2-5-10-19-11-7-4-8-12-19/h4,7-8,11-12,16-18,23H,2-3,5-6,9-10,13-15H2,1H3. The summed E-state index contributed by atoms with van der Waals surface area (Å²) in [5.41, 5.74) is 3.90. The highest BCUT2D eigenvalue weighted by Gasteiger charge is 2.26. The average molecular weight is 351 g/mol. The fourth-order valence-electron chi connectivity index (χ4n) is 3.97. The van der Waals surface area contributed by atoms with Crippen LogP contribution in [-0.2, 0) is 17.6 Å². The number of aryl methyl sites for hydroxylation is 2. The lowest BCUT2D eigenvalue weighted by molar-refractivity contribution is -0.118. The van der Waals surface area contributed by atoms with Gasteiger partial charge in [-0.05, 0) is 67.3 Å². The van der Waals surface area contributed by atoms with E-state index < -0.39 is 0 Å². The molecule has 2 heteroatoms.